The Morgan fingerprint density at radius 3 is 2.30 bits per heavy atom. The number of piperazine rings is 1. The number of fused-ring (bicyclic) bond motifs is 1. The quantitative estimate of drug-likeness (QED) is 0.804. The maximum atomic E-state index is 12.2. The summed E-state index contributed by atoms with van der Waals surface area (Å²) in [5.41, 5.74) is 0.655. The third kappa shape index (κ3) is 4.79. The van der Waals surface area contributed by atoms with E-state index in [2.05, 4.69) is 19.7 Å². The van der Waals surface area contributed by atoms with Gasteiger partial charge in [-0.1, -0.05) is 0 Å². The van der Waals surface area contributed by atoms with Crippen molar-refractivity contribution in [1.82, 2.24) is 19.9 Å². The molecule has 148 valence electrons. The van der Waals surface area contributed by atoms with E-state index in [1.165, 1.54) is 0 Å². The molecule has 1 saturated heterocycles. The topological polar surface area (TPSA) is 121 Å². The predicted octanol–water partition coefficient (Wildman–Crippen LogP) is 1.39. The van der Waals surface area contributed by atoms with Gasteiger partial charge in [0.2, 0.25) is 10.0 Å². The van der Waals surface area contributed by atoms with Crippen molar-refractivity contribution < 1.29 is 17.9 Å². The highest BCUT2D eigenvalue weighted by atomic mass is 32.2. The van der Waals surface area contributed by atoms with Crippen LogP contribution in [0.1, 0.15) is 20.8 Å². The van der Waals surface area contributed by atoms with Gasteiger partial charge in [0.05, 0.1) is 6.26 Å². The summed E-state index contributed by atoms with van der Waals surface area (Å²) in [5.74, 6) is 0.617. The first kappa shape index (κ1) is 19.2. The minimum Gasteiger partial charge on any atom is -0.444 e. The smallest absolute Gasteiger partial charge is 0.410 e. The Balaban J connectivity index is 1.80. The molecule has 1 amide bonds. The number of aromatic nitrogens is 3. The number of carbonyl (C=O) groups excluding carboxylic acids is 1. The average Bonchev–Trinajstić information content (AvgIpc) is 2.98. The first-order valence-corrected chi connectivity index (χ1v) is 10.5. The lowest BCUT2D eigenvalue weighted by molar-refractivity contribution is 0.0240. The van der Waals surface area contributed by atoms with Crippen LogP contribution in [0.15, 0.2) is 12.4 Å². The molecule has 1 fully saturated rings. The van der Waals surface area contributed by atoms with E-state index < -0.39 is 15.6 Å². The summed E-state index contributed by atoms with van der Waals surface area (Å²) in [5, 5.41) is 0. The second kappa shape index (κ2) is 6.87. The number of H-pyrrole nitrogens is 1. The van der Waals surface area contributed by atoms with Crippen molar-refractivity contribution in [1.29, 1.82) is 0 Å². The van der Waals surface area contributed by atoms with Crippen LogP contribution in [-0.2, 0) is 14.8 Å². The monoisotopic (exact) mass is 396 g/mol. The summed E-state index contributed by atoms with van der Waals surface area (Å²) in [7, 11) is -3.51. The van der Waals surface area contributed by atoms with Gasteiger partial charge < -0.3 is 19.5 Å². The van der Waals surface area contributed by atoms with Gasteiger partial charge >= 0.3 is 6.09 Å². The molecule has 0 bridgehead atoms. The van der Waals surface area contributed by atoms with Crippen LogP contribution >= 0.6 is 0 Å². The number of sulfonamides is 1. The number of hydrogen-bond acceptors (Lipinski definition) is 7. The molecule has 3 heterocycles. The lowest BCUT2D eigenvalue weighted by Crippen LogP contribution is -2.50. The lowest BCUT2D eigenvalue weighted by Gasteiger charge is -2.36. The molecule has 11 heteroatoms. The fourth-order valence-electron chi connectivity index (χ4n) is 2.76. The summed E-state index contributed by atoms with van der Waals surface area (Å²) in [6, 6.07) is 0. The molecule has 1 aliphatic rings. The van der Waals surface area contributed by atoms with Gasteiger partial charge in [-0.05, 0) is 20.8 Å². The van der Waals surface area contributed by atoms with Crippen molar-refractivity contribution in [3.63, 3.8) is 0 Å². The van der Waals surface area contributed by atoms with Gasteiger partial charge in [-0.2, -0.15) is 0 Å². The van der Waals surface area contributed by atoms with Gasteiger partial charge in [0.25, 0.3) is 0 Å². The van der Waals surface area contributed by atoms with Crippen LogP contribution in [0.25, 0.3) is 11.0 Å². The number of nitrogens with zero attached hydrogens (tertiary/aromatic N) is 4. The minimum atomic E-state index is -3.51. The van der Waals surface area contributed by atoms with E-state index in [9.17, 15) is 13.2 Å². The highest BCUT2D eigenvalue weighted by Crippen LogP contribution is 2.26. The third-order valence-electron chi connectivity index (χ3n) is 3.89. The van der Waals surface area contributed by atoms with Gasteiger partial charge in [0.1, 0.15) is 16.6 Å². The van der Waals surface area contributed by atoms with Crippen molar-refractivity contribution in [3.05, 3.63) is 12.4 Å². The van der Waals surface area contributed by atoms with E-state index in [0.29, 0.717) is 43.0 Å². The van der Waals surface area contributed by atoms with Crippen LogP contribution in [0.5, 0.6) is 0 Å². The SMILES string of the molecule is CC(C)(C)OC(=O)N1CCN(c2nc3c[nH]cc3nc2NS(C)(=O)=O)CC1. The van der Waals surface area contributed by atoms with Gasteiger partial charge in [-0.25, -0.2) is 23.2 Å². The number of rotatable bonds is 3. The van der Waals surface area contributed by atoms with Crippen molar-refractivity contribution in [2.24, 2.45) is 0 Å². The second-order valence-corrected chi connectivity index (χ2v) is 9.20. The Morgan fingerprint density at radius 1 is 1.15 bits per heavy atom. The first-order chi connectivity index (χ1) is 12.5. The predicted molar refractivity (Wildman–Crippen MR) is 102 cm³/mol. The molecule has 0 aromatic carbocycles. The second-order valence-electron chi connectivity index (χ2n) is 7.45. The molecule has 0 spiro atoms. The van der Waals surface area contributed by atoms with Crippen LogP contribution < -0.4 is 9.62 Å². The molecule has 0 saturated carbocycles. The van der Waals surface area contributed by atoms with Crippen molar-refractivity contribution in [2.75, 3.05) is 42.1 Å². The van der Waals surface area contributed by atoms with E-state index in [0.717, 1.165) is 6.26 Å². The van der Waals surface area contributed by atoms with Crippen molar-refractivity contribution in [3.8, 4) is 0 Å². The number of amides is 1. The molecule has 2 aromatic rings. The number of hydrogen-bond donors (Lipinski definition) is 2. The highest BCUT2D eigenvalue weighted by Gasteiger charge is 2.28. The van der Waals surface area contributed by atoms with Crippen LogP contribution in [0.4, 0.5) is 16.4 Å². The van der Waals surface area contributed by atoms with Crippen LogP contribution in [0.2, 0.25) is 0 Å². The number of ether oxygens (including phenoxy) is 1. The van der Waals surface area contributed by atoms with Gasteiger partial charge in [-0.3, -0.25) is 4.72 Å². The van der Waals surface area contributed by atoms with Gasteiger partial charge in [0.15, 0.2) is 11.6 Å². The third-order valence-corrected chi connectivity index (χ3v) is 4.45. The number of anilines is 2. The summed E-state index contributed by atoms with van der Waals surface area (Å²) in [4.78, 5) is 27.6. The Labute approximate surface area is 158 Å². The van der Waals surface area contributed by atoms with E-state index in [1.807, 2.05) is 25.7 Å². The molecule has 3 rings (SSSR count). The minimum absolute atomic E-state index is 0.176. The molecule has 0 atom stereocenters. The summed E-state index contributed by atoms with van der Waals surface area (Å²) in [6.45, 7) is 7.34. The maximum absolute atomic E-state index is 12.2. The zero-order valence-electron chi connectivity index (χ0n) is 15.8. The molecular formula is C16H24N6O4S. The lowest BCUT2D eigenvalue weighted by atomic mass is 10.2. The maximum Gasteiger partial charge on any atom is 0.410 e. The van der Waals surface area contributed by atoms with E-state index in [1.54, 1.807) is 17.3 Å². The number of aromatic amines is 1. The van der Waals surface area contributed by atoms with Gasteiger partial charge in [-0.15, -0.1) is 0 Å². The number of nitrogens with one attached hydrogen (secondary N) is 2. The Hall–Kier alpha value is -2.56. The van der Waals surface area contributed by atoms with E-state index >= 15 is 0 Å². The molecule has 1 aliphatic heterocycles. The molecule has 10 nitrogen and oxygen atoms in total. The molecule has 2 aromatic heterocycles. The molecule has 27 heavy (non-hydrogen) atoms. The van der Waals surface area contributed by atoms with E-state index in [4.69, 9.17) is 4.74 Å². The Morgan fingerprint density at radius 2 is 1.74 bits per heavy atom. The first-order valence-electron chi connectivity index (χ1n) is 8.57. The van der Waals surface area contributed by atoms with Gasteiger partial charge in [0, 0.05) is 38.6 Å². The zero-order valence-corrected chi connectivity index (χ0v) is 16.6. The summed E-state index contributed by atoms with van der Waals surface area (Å²) >= 11 is 0. The molecule has 0 aliphatic carbocycles. The molecule has 0 radical (unpaired) electrons. The fraction of sp³-hybridized carbons (Fsp3) is 0.562. The standard InChI is InChI=1S/C16H24N6O4S/c1-16(2,3)26-15(23)22-7-5-21(6-8-22)14-13(20-27(4,24)25)18-11-9-17-10-12(11)19-14/h9-10,17H,5-8H2,1-4H3,(H,18,20). The summed E-state index contributed by atoms with van der Waals surface area (Å²) < 4.78 is 31.3. The fourth-order valence-corrected chi connectivity index (χ4v) is 3.24. The normalized spacial score (nSPS) is 15.9. The van der Waals surface area contributed by atoms with E-state index in [-0.39, 0.29) is 11.9 Å². The Bertz CT molecular complexity index is 941. The number of carbonyl (C=O) groups is 1. The van der Waals surface area contributed by atoms with Crippen LogP contribution in [0, 0.1) is 0 Å². The zero-order chi connectivity index (χ0) is 19.8. The van der Waals surface area contributed by atoms with Crippen LogP contribution in [-0.4, -0.2) is 72.4 Å². The van der Waals surface area contributed by atoms with Crippen molar-refractivity contribution in [2.45, 2.75) is 26.4 Å². The average molecular weight is 396 g/mol. The summed E-state index contributed by atoms with van der Waals surface area (Å²) in [6.07, 6.45) is 4.07. The molecule has 0 unspecified atom stereocenters. The molecular weight excluding hydrogens is 372 g/mol. The van der Waals surface area contributed by atoms with Crippen LogP contribution in [0.3, 0.4) is 0 Å². The highest BCUT2D eigenvalue weighted by molar-refractivity contribution is 7.92. The van der Waals surface area contributed by atoms with Crippen molar-refractivity contribution >= 4 is 38.8 Å². The molecule has 2 N–H and O–H groups in total. The Kier molecular flexibility index (Phi) is 4.89. The largest absolute Gasteiger partial charge is 0.444 e.